The summed E-state index contributed by atoms with van der Waals surface area (Å²) in [5, 5.41) is 18.5. The van der Waals surface area contributed by atoms with Crippen molar-refractivity contribution in [3.05, 3.63) is 65.0 Å². The monoisotopic (exact) mass is 583 g/mol. The number of carbonyl (C=O) groups is 1. The second-order valence-electron chi connectivity index (χ2n) is 8.91. The van der Waals surface area contributed by atoms with Gasteiger partial charge in [0.2, 0.25) is 0 Å². The van der Waals surface area contributed by atoms with Gasteiger partial charge < -0.3 is 25.4 Å². The summed E-state index contributed by atoms with van der Waals surface area (Å²) in [5.74, 6) is 0.892. The molecule has 3 heterocycles. The lowest BCUT2D eigenvalue weighted by Crippen LogP contribution is -2.23. The number of rotatable bonds is 7. The molecule has 11 heteroatoms. The predicted molar refractivity (Wildman–Crippen MR) is 147 cm³/mol. The smallest absolute Gasteiger partial charge is 0.450 e. The standard InChI is InChI=1S/C26H28BrN5O2.CH2O3/c1-33-13-14-34-20-10-7-18(8-11-20)24-23(27)25(28)32-26(31-24)21(16-30-32)19-9-12-22(29-15-19)17-5-3-2-4-6-17;2-1(3)4/h2-6,9,12,15-16,18,20H,7-8,10-11,13-14,28H2,1H3;(H2,2,3,4)/t18-,20-;. The fourth-order valence-electron chi connectivity index (χ4n) is 4.62. The highest BCUT2D eigenvalue weighted by Gasteiger charge is 2.27. The predicted octanol–water partition coefficient (Wildman–Crippen LogP) is 5.71. The molecule has 1 saturated carbocycles. The van der Waals surface area contributed by atoms with Crippen molar-refractivity contribution < 1.29 is 24.5 Å². The molecule has 1 aliphatic rings. The van der Waals surface area contributed by atoms with Crippen molar-refractivity contribution in [2.24, 2.45) is 0 Å². The van der Waals surface area contributed by atoms with Gasteiger partial charge in [-0.2, -0.15) is 9.61 Å². The van der Waals surface area contributed by atoms with Crippen LogP contribution in [0.5, 0.6) is 0 Å². The average molecular weight is 584 g/mol. The normalized spacial score (nSPS) is 17.1. The zero-order valence-electron chi connectivity index (χ0n) is 21.0. The van der Waals surface area contributed by atoms with Crippen molar-refractivity contribution in [3.63, 3.8) is 0 Å². The Labute approximate surface area is 228 Å². The Hall–Kier alpha value is -3.54. The number of carboxylic acid groups (broad SMARTS) is 2. The summed E-state index contributed by atoms with van der Waals surface area (Å²) in [6.07, 6.45) is 6.17. The van der Waals surface area contributed by atoms with Gasteiger partial charge in [0.25, 0.3) is 0 Å². The Kier molecular flexibility index (Phi) is 9.27. The highest BCUT2D eigenvalue weighted by atomic mass is 79.9. The molecule has 0 atom stereocenters. The molecule has 0 amide bonds. The third-order valence-electron chi connectivity index (χ3n) is 6.49. The molecule has 3 aromatic heterocycles. The number of fused-ring (bicyclic) bond motifs is 1. The van der Waals surface area contributed by atoms with Crippen LogP contribution in [0.15, 0.2) is 59.3 Å². The van der Waals surface area contributed by atoms with E-state index in [0.29, 0.717) is 24.9 Å². The number of nitrogens with zero attached hydrogens (tertiary/aromatic N) is 4. The zero-order valence-corrected chi connectivity index (χ0v) is 22.5. The number of benzene rings is 1. The van der Waals surface area contributed by atoms with Gasteiger partial charge in [0.05, 0.1) is 41.4 Å². The minimum Gasteiger partial charge on any atom is -0.450 e. The molecular formula is C27H30BrN5O5. The van der Waals surface area contributed by atoms with E-state index in [0.717, 1.165) is 63.9 Å². The minimum absolute atomic E-state index is 0.283. The maximum Gasteiger partial charge on any atom is 0.503 e. The van der Waals surface area contributed by atoms with Crippen LogP contribution in [0.25, 0.3) is 28.0 Å². The lowest BCUT2D eigenvalue weighted by molar-refractivity contribution is -0.00299. The van der Waals surface area contributed by atoms with Gasteiger partial charge in [-0.25, -0.2) is 9.78 Å². The van der Waals surface area contributed by atoms with Gasteiger partial charge in [-0.3, -0.25) is 4.98 Å². The molecule has 4 aromatic rings. The second-order valence-corrected chi connectivity index (χ2v) is 9.70. The van der Waals surface area contributed by atoms with Crippen LogP contribution in [-0.4, -0.2) is 62.4 Å². The first kappa shape index (κ1) is 27.5. The molecule has 1 aliphatic carbocycles. The van der Waals surface area contributed by atoms with Crippen molar-refractivity contribution >= 4 is 33.6 Å². The summed E-state index contributed by atoms with van der Waals surface area (Å²) in [5.41, 5.74) is 12.1. The van der Waals surface area contributed by atoms with Gasteiger partial charge in [-0.1, -0.05) is 36.4 Å². The van der Waals surface area contributed by atoms with Gasteiger partial charge in [0.15, 0.2) is 5.65 Å². The zero-order chi connectivity index (χ0) is 27.1. The van der Waals surface area contributed by atoms with Crippen molar-refractivity contribution in [2.45, 2.75) is 37.7 Å². The number of pyridine rings is 1. The quantitative estimate of drug-likeness (QED) is 0.232. The van der Waals surface area contributed by atoms with Gasteiger partial charge in [0, 0.05) is 35.9 Å². The number of anilines is 1. The number of hydrogen-bond donors (Lipinski definition) is 3. The summed E-state index contributed by atoms with van der Waals surface area (Å²) >= 11 is 3.70. The first-order valence-electron chi connectivity index (χ1n) is 12.3. The number of nitrogens with two attached hydrogens (primary N) is 1. The highest BCUT2D eigenvalue weighted by Crippen LogP contribution is 2.39. The fraction of sp³-hybridized carbons (Fsp3) is 0.333. The molecule has 0 bridgehead atoms. The van der Waals surface area contributed by atoms with E-state index in [1.54, 1.807) is 11.6 Å². The van der Waals surface area contributed by atoms with E-state index in [-0.39, 0.29) is 6.10 Å². The fourth-order valence-corrected chi connectivity index (χ4v) is 5.20. The van der Waals surface area contributed by atoms with Gasteiger partial charge in [-0.15, -0.1) is 0 Å². The number of hydrogen-bond acceptors (Lipinski definition) is 7. The third-order valence-corrected chi connectivity index (χ3v) is 7.31. The molecule has 200 valence electrons. The van der Waals surface area contributed by atoms with E-state index in [1.807, 2.05) is 36.7 Å². The van der Waals surface area contributed by atoms with Crippen molar-refractivity contribution in [2.75, 3.05) is 26.1 Å². The summed E-state index contributed by atoms with van der Waals surface area (Å²) in [7, 11) is 1.70. The van der Waals surface area contributed by atoms with E-state index in [9.17, 15) is 0 Å². The number of aromatic nitrogens is 4. The van der Waals surface area contributed by atoms with Crippen LogP contribution in [0, 0.1) is 0 Å². The number of nitrogen functional groups attached to an aromatic ring is 1. The molecule has 1 fully saturated rings. The van der Waals surface area contributed by atoms with Gasteiger partial charge in [0.1, 0.15) is 5.82 Å². The summed E-state index contributed by atoms with van der Waals surface area (Å²) in [6, 6.07) is 14.2. The maximum absolute atomic E-state index is 8.56. The van der Waals surface area contributed by atoms with Crippen LogP contribution in [0.4, 0.5) is 10.6 Å². The number of halogens is 1. The Balaban J connectivity index is 0.000000786. The van der Waals surface area contributed by atoms with Crippen molar-refractivity contribution in [1.82, 2.24) is 19.6 Å². The molecule has 4 N–H and O–H groups in total. The molecule has 0 radical (unpaired) electrons. The van der Waals surface area contributed by atoms with Gasteiger partial charge >= 0.3 is 6.16 Å². The first-order chi connectivity index (χ1) is 18.4. The van der Waals surface area contributed by atoms with Crippen LogP contribution >= 0.6 is 15.9 Å². The molecule has 0 spiro atoms. The van der Waals surface area contributed by atoms with Crippen LogP contribution in [-0.2, 0) is 9.47 Å². The lowest BCUT2D eigenvalue weighted by Gasteiger charge is -2.29. The van der Waals surface area contributed by atoms with Crippen LogP contribution in [0.1, 0.15) is 37.3 Å². The van der Waals surface area contributed by atoms with E-state index >= 15 is 0 Å². The molecular weight excluding hydrogens is 554 g/mol. The van der Waals surface area contributed by atoms with E-state index in [4.69, 9.17) is 35.2 Å². The summed E-state index contributed by atoms with van der Waals surface area (Å²) < 4.78 is 13.6. The van der Waals surface area contributed by atoms with E-state index in [1.165, 1.54) is 0 Å². The Bertz CT molecular complexity index is 1350. The Morgan fingerprint density at radius 3 is 2.39 bits per heavy atom. The van der Waals surface area contributed by atoms with Crippen LogP contribution in [0.3, 0.4) is 0 Å². The van der Waals surface area contributed by atoms with Crippen molar-refractivity contribution in [3.8, 4) is 22.4 Å². The molecule has 0 unspecified atom stereocenters. The molecule has 1 aromatic carbocycles. The summed E-state index contributed by atoms with van der Waals surface area (Å²) in [6.45, 7) is 1.27. The summed E-state index contributed by atoms with van der Waals surface area (Å²) in [4.78, 5) is 18.3. The minimum atomic E-state index is -1.83. The van der Waals surface area contributed by atoms with Gasteiger partial charge in [-0.05, 0) is 47.7 Å². The van der Waals surface area contributed by atoms with Crippen LogP contribution in [0.2, 0.25) is 0 Å². The molecule has 10 nitrogen and oxygen atoms in total. The first-order valence-corrected chi connectivity index (χ1v) is 13.0. The maximum atomic E-state index is 8.56. The Morgan fingerprint density at radius 1 is 1.05 bits per heavy atom. The largest absolute Gasteiger partial charge is 0.503 e. The average Bonchev–Trinajstić information content (AvgIpc) is 3.36. The molecule has 38 heavy (non-hydrogen) atoms. The topological polar surface area (TPSA) is 145 Å². The Morgan fingerprint density at radius 2 is 1.76 bits per heavy atom. The van der Waals surface area contributed by atoms with Crippen LogP contribution < -0.4 is 5.73 Å². The molecule has 5 rings (SSSR count). The third kappa shape index (κ3) is 6.47. The van der Waals surface area contributed by atoms with E-state index in [2.05, 4.69) is 44.2 Å². The number of ether oxygens (including phenoxy) is 2. The second kappa shape index (κ2) is 12.8. The number of methoxy groups -OCH3 is 1. The molecule has 0 aliphatic heterocycles. The van der Waals surface area contributed by atoms with E-state index < -0.39 is 6.16 Å². The lowest BCUT2D eigenvalue weighted by atomic mass is 9.85. The van der Waals surface area contributed by atoms with Crippen molar-refractivity contribution in [1.29, 1.82) is 0 Å². The highest BCUT2D eigenvalue weighted by molar-refractivity contribution is 9.10. The molecule has 0 saturated heterocycles. The SMILES string of the molecule is COCCO[C@H]1CC[C@H](c2nc3c(-c4ccc(-c5ccccc5)nc4)cnn3c(N)c2Br)CC1.O=C(O)O.